The number of hydrogen-bond donors (Lipinski definition) is 1. The summed E-state index contributed by atoms with van der Waals surface area (Å²) in [5, 5.41) is 10.7. The highest BCUT2D eigenvalue weighted by molar-refractivity contribution is 9.10. The van der Waals surface area contributed by atoms with Crippen LogP contribution in [-0.4, -0.2) is 17.4 Å². The third-order valence-corrected chi connectivity index (χ3v) is 2.36. The minimum Gasteiger partial charge on any atom is -0.485 e. The third kappa shape index (κ3) is 3.20. The molecule has 0 unspecified atom stereocenters. The maximum atomic E-state index is 10.7. The predicted octanol–water partition coefficient (Wildman–Crippen LogP) is 1.61. The van der Waals surface area contributed by atoms with E-state index in [1.807, 2.05) is 0 Å². The molecular weight excluding hydrogens is 280 g/mol. The molecular formula is C9H9BrN2O4. The summed E-state index contributed by atoms with van der Waals surface area (Å²) in [6.45, 7) is 0.0127. The fourth-order valence-corrected chi connectivity index (χ4v) is 1.51. The lowest BCUT2D eigenvalue weighted by Gasteiger charge is -2.07. The van der Waals surface area contributed by atoms with E-state index in [0.29, 0.717) is 4.47 Å². The molecule has 1 amide bonds. The van der Waals surface area contributed by atoms with Gasteiger partial charge in [0.2, 0.25) is 11.7 Å². The van der Waals surface area contributed by atoms with Crippen LogP contribution in [-0.2, 0) is 4.79 Å². The Bertz CT molecular complexity index is 422. The van der Waals surface area contributed by atoms with Gasteiger partial charge >= 0.3 is 5.69 Å². The van der Waals surface area contributed by atoms with Crippen LogP contribution in [0.4, 0.5) is 5.69 Å². The average molecular weight is 289 g/mol. The van der Waals surface area contributed by atoms with Crippen LogP contribution < -0.4 is 10.5 Å². The lowest BCUT2D eigenvalue weighted by atomic mass is 10.3. The molecule has 86 valence electrons. The summed E-state index contributed by atoms with van der Waals surface area (Å²) in [7, 11) is 0. The number of hydrogen-bond acceptors (Lipinski definition) is 4. The highest BCUT2D eigenvalue weighted by Crippen LogP contribution is 2.34. The van der Waals surface area contributed by atoms with Crippen molar-refractivity contribution >= 4 is 27.5 Å². The number of carbonyl (C=O) groups excluding carboxylic acids is 1. The van der Waals surface area contributed by atoms with Crippen molar-refractivity contribution in [2.45, 2.75) is 6.42 Å². The Morgan fingerprint density at radius 3 is 2.81 bits per heavy atom. The van der Waals surface area contributed by atoms with Gasteiger partial charge in [-0.25, -0.2) is 0 Å². The average Bonchev–Trinajstić information content (AvgIpc) is 2.19. The quantitative estimate of drug-likeness (QED) is 0.658. The molecule has 0 saturated carbocycles. The Kier molecular flexibility index (Phi) is 4.24. The van der Waals surface area contributed by atoms with Crippen molar-refractivity contribution in [2.75, 3.05) is 6.61 Å². The number of benzene rings is 1. The van der Waals surface area contributed by atoms with E-state index >= 15 is 0 Å². The van der Waals surface area contributed by atoms with Crippen LogP contribution in [0.1, 0.15) is 6.42 Å². The zero-order valence-electron chi connectivity index (χ0n) is 8.18. The van der Waals surface area contributed by atoms with Gasteiger partial charge in [-0.2, -0.15) is 0 Å². The number of nitrogens with two attached hydrogens (primary N) is 1. The lowest BCUT2D eigenvalue weighted by molar-refractivity contribution is -0.386. The fraction of sp³-hybridized carbons (Fsp3) is 0.222. The van der Waals surface area contributed by atoms with Crippen LogP contribution in [0.2, 0.25) is 0 Å². The van der Waals surface area contributed by atoms with Gasteiger partial charge in [0.25, 0.3) is 0 Å². The molecule has 1 aromatic carbocycles. The minimum atomic E-state index is -0.551. The SMILES string of the molecule is NC(=O)CCOc1c(Br)cccc1[N+](=O)[O-]. The van der Waals surface area contributed by atoms with E-state index in [2.05, 4.69) is 15.9 Å². The largest absolute Gasteiger partial charge is 0.485 e. The van der Waals surface area contributed by atoms with Crippen LogP contribution in [0, 0.1) is 10.1 Å². The van der Waals surface area contributed by atoms with Crippen LogP contribution >= 0.6 is 15.9 Å². The highest BCUT2D eigenvalue weighted by atomic mass is 79.9. The molecule has 16 heavy (non-hydrogen) atoms. The first-order valence-electron chi connectivity index (χ1n) is 4.36. The lowest BCUT2D eigenvalue weighted by Crippen LogP contribution is -2.15. The molecule has 0 aliphatic heterocycles. The van der Waals surface area contributed by atoms with E-state index in [1.165, 1.54) is 12.1 Å². The van der Waals surface area contributed by atoms with Gasteiger partial charge in [-0.15, -0.1) is 0 Å². The van der Waals surface area contributed by atoms with Crippen molar-refractivity contribution in [2.24, 2.45) is 5.73 Å². The predicted molar refractivity (Wildman–Crippen MR) is 60.1 cm³/mol. The molecule has 0 spiro atoms. The number of rotatable bonds is 5. The van der Waals surface area contributed by atoms with Gasteiger partial charge in [-0.05, 0) is 22.0 Å². The first-order valence-corrected chi connectivity index (χ1v) is 5.15. The number of nitrogens with zero attached hydrogens (tertiary/aromatic N) is 1. The van der Waals surface area contributed by atoms with Gasteiger partial charge in [-0.1, -0.05) is 6.07 Å². The minimum absolute atomic E-state index is 0.0124. The summed E-state index contributed by atoms with van der Waals surface area (Å²) in [5.74, 6) is -0.413. The van der Waals surface area contributed by atoms with Crippen molar-refractivity contribution in [1.82, 2.24) is 0 Å². The number of nitro benzene ring substituents is 1. The molecule has 6 nitrogen and oxygen atoms in total. The number of para-hydroxylation sites is 1. The van der Waals surface area contributed by atoms with E-state index in [0.717, 1.165) is 0 Å². The summed E-state index contributed by atoms with van der Waals surface area (Å²) < 4.78 is 5.61. The molecule has 1 rings (SSSR count). The maximum Gasteiger partial charge on any atom is 0.312 e. The molecule has 0 atom stereocenters. The summed E-state index contributed by atoms with van der Waals surface area (Å²) in [6, 6.07) is 4.47. The summed E-state index contributed by atoms with van der Waals surface area (Å²) in [5.41, 5.74) is 4.77. The van der Waals surface area contributed by atoms with Crippen LogP contribution in [0.5, 0.6) is 5.75 Å². The van der Waals surface area contributed by atoms with Gasteiger partial charge in [0.05, 0.1) is 22.4 Å². The highest BCUT2D eigenvalue weighted by Gasteiger charge is 2.17. The van der Waals surface area contributed by atoms with Gasteiger partial charge < -0.3 is 10.5 Å². The molecule has 0 heterocycles. The van der Waals surface area contributed by atoms with Crippen LogP contribution in [0.15, 0.2) is 22.7 Å². The first-order chi connectivity index (χ1) is 7.52. The molecule has 2 N–H and O–H groups in total. The second kappa shape index (κ2) is 5.45. The molecule has 0 aromatic heterocycles. The first kappa shape index (κ1) is 12.4. The Labute approximate surface area is 99.7 Å². The molecule has 0 saturated heterocycles. The van der Waals surface area contributed by atoms with E-state index in [1.54, 1.807) is 6.07 Å². The molecule has 0 aliphatic rings. The number of amides is 1. The number of ether oxygens (including phenoxy) is 1. The maximum absolute atomic E-state index is 10.7. The molecule has 0 bridgehead atoms. The third-order valence-electron chi connectivity index (χ3n) is 1.74. The second-order valence-electron chi connectivity index (χ2n) is 2.91. The van der Waals surface area contributed by atoms with Crippen molar-refractivity contribution in [1.29, 1.82) is 0 Å². The zero-order chi connectivity index (χ0) is 12.1. The normalized spacial score (nSPS) is 9.81. The standard InChI is InChI=1S/C9H9BrN2O4/c10-6-2-1-3-7(12(14)15)9(6)16-5-4-8(11)13/h1-3H,4-5H2,(H2,11,13). The Hall–Kier alpha value is -1.63. The second-order valence-corrected chi connectivity index (χ2v) is 3.76. The Morgan fingerprint density at radius 1 is 1.56 bits per heavy atom. The Morgan fingerprint density at radius 2 is 2.25 bits per heavy atom. The molecule has 1 aromatic rings. The summed E-state index contributed by atoms with van der Waals surface area (Å²) in [6.07, 6.45) is 0.0124. The van der Waals surface area contributed by atoms with Gasteiger partial charge in [0.1, 0.15) is 0 Å². The van der Waals surface area contributed by atoms with Crippen LogP contribution in [0.3, 0.4) is 0 Å². The fourth-order valence-electron chi connectivity index (χ4n) is 1.04. The van der Waals surface area contributed by atoms with Crippen molar-refractivity contribution in [3.8, 4) is 5.75 Å². The molecule has 0 fully saturated rings. The summed E-state index contributed by atoms with van der Waals surface area (Å²) in [4.78, 5) is 20.6. The zero-order valence-corrected chi connectivity index (χ0v) is 9.77. The monoisotopic (exact) mass is 288 g/mol. The molecule has 0 radical (unpaired) electrons. The van der Waals surface area contributed by atoms with Gasteiger partial charge in [0.15, 0.2) is 0 Å². The van der Waals surface area contributed by atoms with Crippen molar-refractivity contribution < 1.29 is 14.5 Å². The topological polar surface area (TPSA) is 95.5 Å². The van der Waals surface area contributed by atoms with Gasteiger partial charge in [0, 0.05) is 6.07 Å². The number of nitro groups is 1. The van der Waals surface area contributed by atoms with Gasteiger partial charge in [-0.3, -0.25) is 14.9 Å². The van der Waals surface area contributed by atoms with Crippen LogP contribution in [0.25, 0.3) is 0 Å². The van der Waals surface area contributed by atoms with E-state index in [9.17, 15) is 14.9 Å². The van der Waals surface area contributed by atoms with Crippen molar-refractivity contribution in [3.63, 3.8) is 0 Å². The van der Waals surface area contributed by atoms with E-state index < -0.39 is 10.8 Å². The van der Waals surface area contributed by atoms with E-state index in [4.69, 9.17) is 10.5 Å². The van der Waals surface area contributed by atoms with Crippen molar-refractivity contribution in [3.05, 3.63) is 32.8 Å². The molecule has 0 aliphatic carbocycles. The number of primary amides is 1. The smallest absolute Gasteiger partial charge is 0.312 e. The summed E-state index contributed by atoms with van der Waals surface area (Å²) >= 11 is 3.14. The number of halogens is 1. The Balaban J connectivity index is 2.84. The van der Waals surface area contributed by atoms with E-state index in [-0.39, 0.29) is 24.5 Å². The molecule has 7 heteroatoms. The number of carbonyl (C=O) groups is 1.